The van der Waals surface area contributed by atoms with Crippen LogP contribution in [0.2, 0.25) is 0 Å². The Kier molecular flexibility index (Phi) is 3.91. The Morgan fingerprint density at radius 2 is 2.25 bits per heavy atom. The van der Waals surface area contributed by atoms with Crippen molar-refractivity contribution in [2.75, 3.05) is 19.6 Å². The maximum atomic E-state index is 11.8. The number of hydrogen-bond acceptors (Lipinski definition) is 3. The van der Waals surface area contributed by atoms with Crippen molar-refractivity contribution >= 4 is 11.8 Å². The predicted octanol–water partition coefficient (Wildman–Crippen LogP) is -0.292. The quantitative estimate of drug-likeness (QED) is 0.693. The average molecular weight is 227 g/mol. The lowest BCUT2D eigenvalue weighted by atomic mass is 10.1. The fraction of sp³-hybridized carbons (Fsp3) is 0.818. The van der Waals surface area contributed by atoms with Gasteiger partial charge >= 0.3 is 0 Å². The van der Waals surface area contributed by atoms with Crippen LogP contribution in [0.3, 0.4) is 0 Å². The summed E-state index contributed by atoms with van der Waals surface area (Å²) < 4.78 is 0. The first-order valence-electron chi connectivity index (χ1n) is 5.68. The van der Waals surface area contributed by atoms with Gasteiger partial charge in [-0.1, -0.05) is 0 Å². The van der Waals surface area contributed by atoms with Gasteiger partial charge in [0, 0.05) is 31.6 Å². The molecule has 1 unspecified atom stereocenters. The Morgan fingerprint density at radius 3 is 2.69 bits per heavy atom. The minimum absolute atomic E-state index is 0.0645. The normalized spacial score (nSPS) is 21.4. The van der Waals surface area contributed by atoms with Crippen molar-refractivity contribution in [3.63, 3.8) is 0 Å². The summed E-state index contributed by atoms with van der Waals surface area (Å²) in [4.78, 5) is 24.9. The van der Waals surface area contributed by atoms with Crippen LogP contribution in [0, 0.1) is 5.92 Å². The Morgan fingerprint density at radius 1 is 1.62 bits per heavy atom. The van der Waals surface area contributed by atoms with Crippen molar-refractivity contribution in [1.82, 2.24) is 10.2 Å². The number of nitrogens with one attached hydrogen (secondary N) is 1. The average Bonchev–Trinajstić information content (AvgIpc) is 2.55. The molecule has 1 aliphatic heterocycles. The second-order valence-corrected chi connectivity index (χ2v) is 5.04. The van der Waals surface area contributed by atoms with Gasteiger partial charge in [-0.15, -0.1) is 0 Å². The van der Waals surface area contributed by atoms with Crippen LogP contribution in [0.4, 0.5) is 0 Å². The molecule has 3 N–H and O–H groups in total. The second-order valence-electron chi connectivity index (χ2n) is 5.04. The van der Waals surface area contributed by atoms with E-state index in [0.29, 0.717) is 26.1 Å². The molecular formula is C11H21N3O2. The monoisotopic (exact) mass is 227 g/mol. The zero-order valence-corrected chi connectivity index (χ0v) is 10.2. The number of hydrogen-bond donors (Lipinski definition) is 2. The van der Waals surface area contributed by atoms with Gasteiger partial charge in [0.05, 0.1) is 5.92 Å². The fourth-order valence-electron chi connectivity index (χ4n) is 1.71. The first-order chi connectivity index (χ1) is 7.33. The zero-order valence-electron chi connectivity index (χ0n) is 10.2. The molecule has 0 bridgehead atoms. The number of carbonyl (C=O) groups excluding carboxylic acids is 2. The minimum Gasteiger partial charge on any atom is -0.354 e. The van der Waals surface area contributed by atoms with Gasteiger partial charge in [0.2, 0.25) is 11.8 Å². The second kappa shape index (κ2) is 4.82. The summed E-state index contributed by atoms with van der Waals surface area (Å²) >= 11 is 0. The molecule has 0 aliphatic carbocycles. The van der Waals surface area contributed by atoms with E-state index in [1.807, 2.05) is 20.8 Å². The maximum absolute atomic E-state index is 11.8. The van der Waals surface area contributed by atoms with Crippen molar-refractivity contribution in [3.8, 4) is 0 Å². The van der Waals surface area contributed by atoms with Gasteiger partial charge in [0.15, 0.2) is 0 Å². The molecule has 1 atom stereocenters. The van der Waals surface area contributed by atoms with E-state index in [4.69, 9.17) is 5.73 Å². The smallest absolute Gasteiger partial charge is 0.225 e. The molecule has 5 heteroatoms. The number of rotatable bonds is 4. The third kappa shape index (κ3) is 3.48. The van der Waals surface area contributed by atoms with E-state index in [2.05, 4.69) is 5.32 Å². The first kappa shape index (κ1) is 13.0. The van der Waals surface area contributed by atoms with Gasteiger partial charge in [0.1, 0.15) is 0 Å². The Labute approximate surface area is 96.4 Å². The van der Waals surface area contributed by atoms with Crippen LogP contribution in [0.25, 0.3) is 0 Å². The highest BCUT2D eigenvalue weighted by Crippen LogP contribution is 2.17. The van der Waals surface area contributed by atoms with Crippen LogP contribution in [-0.4, -0.2) is 41.9 Å². The highest BCUT2D eigenvalue weighted by Gasteiger charge is 2.33. The van der Waals surface area contributed by atoms with Gasteiger partial charge < -0.3 is 16.0 Å². The lowest BCUT2D eigenvalue weighted by Crippen LogP contribution is -2.46. The van der Waals surface area contributed by atoms with E-state index in [0.717, 1.165) is 0 Å². The molecule has 0 saturated carbocycles. The maximum Gasteiger partial charge on any atom is 0.225 e. The number of amides is 2. The Bertz CT molecular complexity index is 283. The van der Waals surface area contributed by atoms with Gasteiger partial charge in [0.25, 0.3) is 0 Å². The summed E-state index contributed by atoms with van der Waals surface area (Å²) in [5.74, 6) is -0.215. The molecule has 1 aliphatic rings. The number of carbonyl (C=O) groups is 2. The number of nitrogens with zero attached hydrogens (tertiary/aromatic N) is 1. The molecule has 0 radical (unpaired) electrons. The van der Waals surface area contributed by atoms with E-state index in [9.17, 15) is 9.59 Å². The van der Waals surface area contributed by atoms with Crippen molar-refractivity contribution in [2.24, 2.45) is 11.7 Å². The summed E-state index contributed by atoms with van der Waals surface area (Å²) in [6.45, 7) is 7.26. The molecule has 1 heterocycles. The molecule has 2 amide bonds. The summed E-state index contributed by atoms with van der Waals surface area (Å²) in [6, 6.07) is 0. The Hall–Kier alpha value is -1.10. The number of likely N-dealkylation sites (tertiary alicyclic amines) is 1. The molecule has 1 rings (SSSR count). The minimum atomic E-state index is -0.414. The fourth-order valence-corrected chi connectivity index (χ4v) is 1.71. The summed E-state index contributed by atoms with van der Waals surface area (Å²) in [5, 5.41) is 2.79. The molecule has 16 heavy (non-hydrogen) atoms. The Balaban J connectivity index is 2.42. The third-order valence-corrected chi connectivity index (χ3v) is 2.69. The van der Waals surface area contributed by atoms with Gasteiger partial charge in [-0.3, -0.25) is 9.59 Å². The SMILES string of the molecule is CCN1CC(C(=O)NCC(C)(C)N)CC1=O. The van der Waals surface area contributed by atoms with E-state index in [1.165, 1.54) is 0 Å². The van der Waals surface area contributed by atoms with Crippen LogP contribution in [0.5, 0.6) is 0 Å². The molecular weight excluding hydrogens is 206 g/mol. The molecule has 0 spiro atoms. The molecule has 0 aromatic heterocycles. The summed E-state index contributed by atoms with van der Waals surface area (Å²) in [6.07, 6.45) is 0.324. The van der Waals surface area contributed by atoms with Crippen molar-refractivity contribution in [2.45, 2.75) is 32.7 Å². The van der Waals surface area contributed by atoms with Crippen LogP contribution in [-0.2, 0) is 9.59 Å². The van der Waals surface area contributed by atoms with Gasteiger partial charge in [-0.05, 0) is 20.8 Å². The van der Waals surface area contributed by atoms with Crippen molar-refractivity contribution < 1.29 is 9.59 Å². The van der Waals surface area contributed by atoms with Crippen LogP contribution < -0.4 is 11.1 Å². The van der Waals surface area contributed by atoms with Crippen LogP contribution in [0.1, 0.15) is 27.2 Å². The summed E-state index contributed by atoms with van der Waals surface area (Å²) in [5.41, 5.74) is 5.36. The third-order valence-electron chi connectivity index (χ3n) is 2.69. The molecule has 5 nitrogen and oxygen atoms in total. The predicted molar refractivity (Wildman–Crippen MR) is 61.6 cm³/mol. The molecule has 1 saturated heterocycles. The molecule has 1 fully saturated rings. The van der Waals surface area contributed by atoms with E-state index < -0.39 is 5.54 Å². The van der Waals surface area contributed by atoms with Crippen LogP contribution in [0.15, 0.2) is 0 Å². The highest BCUT2D eigenvalue weighted by molar-refractivity contribution is 5.89. The molecule has 0 aromatic carbocycles. The van der Waals surface area contributed by atoms with Crippen molar-refractivity contribution in [1.29, 1.82) is 0 Å². The van der Waals surface area contributed by atoms with Crippen LogP contribution >= 0.6 is 0 Å². The highest BCUT2D eigenvalue weighted by atomic mass is 16.2. The lowest BCUT2D eigenvalue weighted by molar-refractivity contribution is -0.128. The van der Waals surface area contributed by atoms with E-state index in [1.54, 1.807) is 4.90 Å². The topological polar surface area (TPSA) is 75.4 Å². The summed E-state index contributed by atoms with van der Waals surface area (Å²) in [7, 11) is 0. The van der Waals surface area contributed by atoms with Gasteiger partial charge in [-0.2, -0.15) is 0 Å². The zero-order chi connectivity index (χ0) is 12.3. The van der Waals surface area contributed by atoms with Crippen molar-refractivity contribution in [3.05, 3.63) is 0 Å². The molecule has 92 valence electrons. The van der Waals surface area contributed by atoms with Gasteiger partial charge in [-0.25, -0.2) is 0 Å². The largest absolute Gasteiger partial charge is 0.354 e. The first-order valence-corrected chi connectivity index (χ1v) is 5.68. The number of nitrogens with two attached hydrogens (primary N) is 1. The lowest BCUT2D eigenvalue weighted by Gasteiger charge is -2.20. The van der Waals surface area contributed by atoms with E-state index in [-0.39, 0.29) is 17.7 Å². The standard InChI is InChI=1S/C11H21N3O2/c1-4-14-6-8(5-9(14)15)10(16)13-7-11(2,3)12/h8H,4-7,12H2,1-3H3,(H,13,16). The van der Waals surface area contributed by atoms with E-state index >= 15 is 0 Å². The molecule has 0 aromatic rings.